The first-order valence-electron chi connectivity index (χ1n) is 6.34. The molecular formula is C14H23NO2. The Labute approximate surface area is 104 Å². The maximum atomic E-state index is 5.64. The van der Waals surface area contributed by atoms with Crippen LogP contribution in [0, 0.1) is 0 Å². The maximum absolute atomic E-state index is 5.64. The minimum Gasteiger partial charge on any atom is -0.497 e. The number of nitrogens with one attached hydrogen (secondary N) is 1. The molecule has 0 aliphatic rings. The van der Waals surface area contributed by atoms with E-state index in [1.165, 1.54) is 12.8 Å². The molecule has 0 fully saturated rings. The van der Waals surface area contributed by atoms with E-state index >= 15 is 0 Å². The van der Waals surface area contributed by atoms with E-state index in [1.807, 2.05) is 24.3 Å². The summed E-state index contributed by atoms with van der Waals surface area (Å²) in [6.45, 7) is 5.09. The molecule has 1 N–H and O–H groups in total. The third-order valence-electron chi connectivity index (χ3n) is 2.58. The first-order chi connectivity index (χ1) is 8.36. The largest absolute Gasteiger partial charge is 0.497 e. The summed E-state index contributed by atoms with van der Waals surface area (Å²) in [7, 11) is 1.67. The van der Waals surface area contributed by atoms with Crippen LogP contribution in [-0.4, -0.2) is 26.8 Å². The van der Waals surface area contributed by atoms with Gasteiger partial charge in [0, 0.05) is 0 Å². The predicted molar refractivity (Wildman–Crippen MR) is 70.9 cm³/mol. The second kappa shape index (κ2) is 8.88. The van der Waals surface area contributed by atoms with Crippen LogP contribution in [0.3, 0.4) is 0 Å². The molecule has 1 aromatic rings. The van der Waals surface area contributed by atoms with Gasteiger partial charge in [-0.1, -0.05) is 6.92 Å². The summed E-state index contributed by atoms with van der Waals surface area (Å²) in [5.74, 6) is 1.78. The molecule has 1 aromatic carbocycles. The van der Waals surface area contributed by atoms with Crippen LogP contribution in [0.2, 0.25) is 0 Å². The van der Waals surface area contributed by atoms with Crippen molar-refractivity contribution in [1.82, 2.24) is 5.32 Å². The highest BCUT2D eigenvalue weighted by atomic mass is 16.5. The van der Waals surface area contributed by atoms with Crippen LogP contribution in [0.5, 0.6) is 11.5 Å². The number of ether oxygens (including phenoxy) is 2. The van der Waals surface area contributed by atoms with Crippen LogP contribution >= 0.6 is 0 Å². The minimum atomic E-state index is 0.790. The summed E-state index contributed by atoms with van der Waals surface area (Å²) in [6.07, 6.45) is 3.54. The molecule has 0 saturated carbocycles. The Kier molecular flexibility index (Phi) is 7.23. The van der Waals surface area contributed by atoms with E-state index in [4.69, 9.17) is 9.47 Å². The molecule has 3 heteroatoms. The summed E-state index contributed by atoms with van der Waals surface area (Å²) in [4.78, 5) is 0. The van der Waals surface area contributed by atoms with Gasteiger partial charge in [0.05, 0.1) is 13.7 Å². The standard InChI is InChI=1S/C14H23NO2/c1-3-15-11-5-4-6-12-17-14-9-7-13(16-2)8-10-14/h7-10,15H,3-6,11-12H2,1-2H3. The highest BCUT2D eigenvalue weighted by Crippen LogP contribution is 2.17. The lowest BCUT2D eigenvalue weighted by molar-refractivity contribution is 0.304. The molecule has 0 spiro atoms. The van der Waals surface area contributed by atoms with Crippen molar-refractivity contribution in [3.8, 4) is 11.5 Å². The Hall–Kier alpha value is -1.22. The first kappa shape index (κ1) is 13.8. The molecule has 0 atom stereocenters. The van der Waals surface area contributed by atoms with E-state index < -0.39 is 0 Å². The van der Waals surface area contributed by atoms with Gasteiger partial charge in [-0.2, -0.15) is 0 Å². The van der Waals surface area contributed by atoms with Gasteiger partial charge >= 0.3 is 0 Å². The highest BCUT2D eigenvalue weighted by molar-refractivity contribution is 5.30. The van der Waals surface area contributed by atoms with Crippen LogP contribution in [-0.2, 0) is 0 Å². The molecule has 0 aliphatic heterocycles. The molecule has 0 aromatic heterocycles. The summed E-state index contributed by atoms with van der Waals surface area (Å²) in [6, 6.07) is 7.72. The van der Waals surface area contributed by atoms with Gasteiger partial charge in [-0.25, -0.2) is 0 Å². The molecule has 3 nitrogen and oxygen atoms in total. The maximum Gasteiger partial charge on any atom is 0.119 e. The van der Waals surface area contributed by atoms with E-state index in [-0.39, 0.29) is 0 Å². The van der Waals surface area contributed by atoms with E-state index in [0.717, 1.165) is 37.6 Å². The molecular weight excluding hydrogens is 214 g/mol. The third-order valence-corrected chi connectivity index (χ3v) is 2.58. The van der Waals surface area contributed by atoms with Crippen molar-refractivity contribution in [1.29, 1.82) is 0 Å². The number of hydrogen-bond acceptors (Lipinski definition) is 3. The van der Waals surface area contributed by atoms with Crippen molar-refractivity contribution < 1.29 is 9.47 Å². The average molecular weight is 237 g/mol. The van der Waals surface area contributed by atoms with Crippen LogP contribution < -0.4 is 14.8 Å². The molecule has 96 valence electrons. The van der Waals surface area contributed by atoms with Crippen molar-refractivity contribution in [3.63, 3.8) is 0 Å². The summed E-state index contributed by atoms with van der Waals surface area (Å²) < 4.78 is 10.7. The second-order valence-corrected chi connectivity index (χ2v) is 3.94. The Bertz CT molecular complexity index is 285. The van der Waals surface area contributed by atoms with Crippen LogP contribution in [0.15, 0.2) is 24.3 Å². The normalized spacial score (nSPS) is 10.2. The van der Waals surface area contributed by atoms with Crippen molar-refractivity contribution in [3.05, 3.63) is 24.3 Å². The van der Waals surface area contributed by atoms with Gasteiger partial charge in [-0.05, 0) is 56.6 Å². The van der Waals surface area contributed by atoms with Gasteiger partial charge in [-0.3, -0.25) is 0 Å². The molecule has 0 unspecified atom stereocenters. The van der Waals surface area contributed by atoms with E-state index in [1.54, 1.807) is 7.11 Å². The smallest absolute Gasteiger partial charge is 0.119 e. The zero-order valence-corrected chi connectivity index (χ0v) is 10.9. The second-order valence-electron chi connectivity index (χ2n) is 3.94. The van der Waals surface area contributed by atoms with Gasteiger partial charge in [0.25, 0.3) is 0 Å². The van der Waals surface area contributed by atoms with Crippen LogP contribution in [0.25, 0.3) is 0 Å². The fourth-order valence-electron chi connectivity index (χ4n) is 1.57. The molecule has 0 radical (unpaired) electrons. The number of rotatable bonds is 9. The predicted octanol–water partition coefficient (Wildman–Crippen LogP) is 2.85. The fourth-order valence-corrected chi connectivity index (χ4v) is 1.57. The van der Waals surface area contributed by atoms with Crippen molar-refractivity contribution in [2.75, 3.05) is 26.8 Å². The Morgan fingerprint density at radius 3 is 2.35 bits per heavy atom. The van der Waals surface area contributed by atoms with Gasteiger partial charge in [-0.15, -0.1) is 0 Å². The summed E-state index contributed by atoms with van der Waals surface area (Å²) >= 11 is 0. The lowest BCUT2D eigenvalue weighted by Crippen LogP contribution is -2.14. The van der Waals surface area contributed by atoms with Crippen molar-refractivity contribution in [2.24, 2.45) is 0 Å². The average Bonchev–Trinajstić information content (AvgIpc) is 2.38. The lowest BCUT2D eigenvalue weighted by atomic mass is 10.2. The summed E-state index contributed by atoms with van der Waals surface area (Å²) in [5, 5.41) is 3.31. The van der Waals surface area contributed by atoms with Crippen LogP contribution in [0.4, 0.5) is 0 Å². The molecule has 17 heavy (non-hydrogen) atoms. The van der Waals surface area contributed by atoms with Gasteiger partial charge < -0.3 is 14.8 Å². The fraction of sp³-hybridized carbons (Fsp3) is 0.571. The molecule has 0 amide bonds. The topological polar surface area (TPSA) is 30.5 Å². The third kappa shape index (κ3) is 6.17. The SMILES string of the molecule is CCNCCCCCOc1ccc(OC)cc1. The van der Waals surface area contributed by atoms with Crippen LogP contribution in [0.1, 0.15) is 26.2 Å². The number of unbranched alkanes of at least 4 members (excludes halogenated alkanes) is 2. The molecule has 0 heterocycles. The minimum absolute atomic E-state index is 0.790. The molecule has 1 rings (SSSR count). The molecule has 0 saturated heterocycles. The quantitative estimate of drug-likeness (QED) is 0.670. The van der Waals surface area contributed by atoms with Crippen molar-refractivity contribution >= 4 is 0 Å². The zero-order valence-electron chi connectivity index (χ0n) is 10.9. The highest BCUT2D eigenvalue weighted by Gasteiger charge is 1.95. The van der Waals surface area contributed by atoms with Gasteiger partial charge in [0.15, 0.2) is 0 Å². The number of methoxy groups -OCH3 is 1. The number of hydrogen-bond donors (Lipinski definition) is 1. The van der Waals surface area contributed by atoms with E-state index in [0.29, 0.717) is 0 Å². The summed E-state index contributed by atoms with van der Waals surface area (Å²) in [5.41, 5.74) is 0. The van der Waals surface area contributed by atoms with Crippen molar-refractivity contribution in [2.45, 2.75) is 26.2 Å². The zero-order chi connectivity index (χ0) is 12.3. The van der Waals surface area contributed by atoms with E-state index in [2.05, 4.69) is 12.2 Å². The lowest BCUT2D eigenvalue weighted by Gasteiger charge is -2.07. The van der Waals surface area contributed by atoms with Gasteiger partial charge in [0.2, 0.25) is 0 Å². The first-order valence-corrected chi connectivity index (χ1v) is 6.34. The molecule has 0 bridgehead atoms. The van der Waals surface area contributed by atoms with E-state index in [9.17, 15) is 0 Å². The Morgan fingerprint density at radius 2 is 1.71 bits per heavy atom. The monoisotopic (exact) mass is 237 g/mol. The Morgan fingerprint density at radius 1 is 1.00 bits per heavy atom. The Balaban J connectivity index is 2.05. The van der Waals surface area contributed by atoms with Gasteiger partial charge in [0.1, 0.15) is 11.5 Å². The molecule has 0 aliphatic carbocycles. The number of benzene rings is 1.